The molecule has 0 saturated carbocycles. The van der Waals surface area contributed by atoms with Gasteiger partial charge in [-0.25, -0.2) is 18.7 Å². The van der Waals surface area contributed by atoms with E-state index in [4.69, 9.17) is 0 Å². The molecule has 0 radical (unpaired) electrons. The first-order valence-electron chi connectivity index (χ1n) is 7.27. The van der Waals surface area contributed by atoms with Gasteiger partial charge in [0.15, 0.2) is 11.5 Å². The number of halogens is 2. The van der Waals surface area contributed by atoms with Crippen molar-refractivity contribution in [2.24, 2.45) is 0 Å². The molecule has 2 aromatic rings. The topological polar surface area (TPSA) is 15.9 Å². The maximum absolute atomic E-state index is 13.9. The Morgan fingerprint density at radius 1 is 1.05 bits per heavy atom. The number of nitrogens with one attached hydrogen (secondary N) is 1. The van der Waals surface area contributed by atoms with Gasteiger partial charge < -0.3 is 0 Å². The number of hydrogen-bond acceptors (Lipinski definition) is 2. The number of benzene rings is 1. The van der Waals surface area contributed by atoms with E-state index in [1.807, 2.05) is 0 Å². The molecular formula is C17H23F2N2S+. The van der Waals surface area contributed by atoms with Crippen LogP contribution in [0.25, 0.3) is 0 Å². The van der Waals surface area contributed by atoms with Crippen LogP contribution in [-0.4, -0.2) is 0 Å². The van der Waals surface area contributed by atoms with Crippen LogP contribution < -0.4 is 9.88 Å². The van der Waals surface area contributed by atoms with E-state index in [2.05, 4.69) is 56.8 Å². The molecule has 0 saturated heterocycles. The van der Waals surface area contributed by atoms with Crippen LogP contribution in [0.3, 0.4) is 0 Å². The van der Waals surface area contributed by atoms with Gasteiger partial charge in [-0.15, -0.1) is 0 Å². The van der Waals surface area contributed by atoms with Crippen molar-refractivity contribution >= 4 is 22.2 Å². The van der Waals surface area contributed by atoms with Gasteiger partial charge in [0.2, 0.25) is 0 Å². The van der Waals surface area contributed by atoms with Crippen LogP contribution in [0.4, 0.5) is 19.6 Å². The lowest BCUT2D eigenvalue weighted by Crippen LogP contribution is -2.55. The van der Waals surface area contributed by atoms with Crippen LogP contribution in [0, 0.1) is 11.6 Å². The standard InChI is InChI=1S/C17H22F2N2S/c1-16(2,3)14-10-22-15(21(14)17(4,5)6)20-13-8-7-11(18)9-12(13)19/h7-10H,1-6H3/p+1. The van der Waals surface area contributed by atoms with Crippen molar-refractivity contribution < 1.29 is 13.3 Å². The zero-order valence-electron chi connectivity index (χ0n) is 13.9. The van der Waals surface area contributed by atoms with Gasteiger partial charge in [-0.1, -0.05) is 32.1 Å². The third kappa shape index (κ3) is 3.46. The third-order valence-corrected chi connectivity index (χ3v) is 4.19. The smallest absolute Gasteiger partial charge is 0.229 e. The Bertz CT molecular complexity index is 679. The average molecular weight is 325 g/mol. The predicted molar refractivity (Wildman–Crippen MR) is 87.9 cm³/mol. The van der Waals surface area contributed by atoms with Crippen LogP contribution in [0.2, 0.25) is 0 Å². The summed E-state index contributed by atoms with van der Waals surface area (Å²) in [5, 5.41) is 6.04. The van der Waals surface area contributed by atoms with E-state index in [1.165, 1.54) is 29.2 Å². The fourth-order valence-electron chi connectivity index (χ4n) is 2.30. The van der Waals surface area contributed by atoms with E-state index in [-0.39, 0.29) is 16.6 Å². The number of thiazole rings is 1. The number of rotatable bonds is 2. The van der Waals surface area contributed by atoms with Crippen molar-refractivity contribution in [2.75, 3.05) is 5.32 Å². The Balaban J connectivity index is 2.50. The van der Waals surface area contributed by atoms with Gasteiger partial charge in [-0.2, -0.15) is 0 Å². The van der Waals surface area contributed by atoms with Crippen LogP contribution in [0.15, 0.2) is 23.6 Å². The highest BCUT2D eigenvalue weighted by molar-refractivity contribution is 7.13. The summed E-state index contributed by atoms with van der Waals surface area (Å²) in [5.74, 6) is -1.17. The van der Waals surface area contributed by atoms with Gasteiger partial charge in [-0.3, -0.25) is 0 Å². The van der Waals surface area contributed by atoms with Crippen molar-refractivity contribution in [3.63, 3.8) is 0 Å². The van der Waals surface area contributed by atoms with E-state index >= 15 is 0 Å². The SMILES string of the molecule is CC(C)(C)c1csc(Nc2ccc(F)cc2F)[n+]1C(C)(C)C. The highest BCUT2D eigenvalue weighted by Crippen LogP contribution is 2.30. The predicted octanol–water partition coefficient (Wildman–Crippen LogP) is 5.11. The van der Waals surface area contributed by atoms with Gasteiger partial charge in [0, 0.05) is 16.9 Å². The molecule has 0 aliphatic carbocycles. The molecule has 0 bridgehead atoms. The van der Waals surface area contributed by atoms with E-state index in [0.717, 1.165) is 11.2 Å². The minimum Gasteiger partial charge on any atom is -0.229 e. The normalized spacial score (nSPS) is 12.5. The molecule has 0 spiro atoms. The fraction of sp³-hybridized carbons (Fsp3) is 0.471. The number of aromatic nitrogens is 1. The summed E-state index contributed by atoms with van der Waals surface area (Å²) < 4.78 is 29.1. The van der Waals surface area contributed by atoms with Crippen molar-refractivity contribution in [1.82, 2.24) is 0 Å². The lowest BCUT2D eigenvalue weighted by atomic mass is 9.91. The molecule has 0 atom stereocenters. The molecule has 0 aliphatic rings. The maximum Gasteiger partial charge on any atom is 0.339 e. The molecule has 0 fully saturated rings. The van der Waals surface area contributed by atoms with Gasteiger partial charge >= 0.3 is 5.13 Å². The van der Waals surface area contributed by atoms with E-state index < -0.39 is 11.6 Å². The molecule has 120 valence electrons. The minimum absolute atomic E-state index is 0.0228. The Morgan fingerprint density at radius 2 is 1.68 bits per heavy atom. The monoisotopic (exact) mass is 325 g/mol. The summed E-state index contributed by atoms with van der Waals surface area (Å²) in [6.45, 7) is 12.8. The summed E-state index contributed by atoms with van der Waals surface area (Å²) in [6, 6.07) is 3.57. The quantitative estimate of drug-likeness (QED) is 0.759. The van der Waals surface area contributed by atoms with Gasteiger partial charge in [-0.05, 0) is 32.9 Å². The Labute approximate surface area is 134 Å². The van der Waals surface area contributed by atoms with Crippen LogP contribution in [-0.2, 0) is 11.0 Å². The summed E-state index contributed by atoms with van der Waals surface area (Å²) in [4.78, 5) is 0. The first-order chi connectivity index (χ1) is 10.00. The maximum atomic E-state index is 13.9. The molecule has 2 rings (SSSR count). The molecule has 0 aliphatic heterocycles. The Hall–Kier alpha value is -1.49. The molecule has 1 aromatic heterocycles. The third-order valence-electron chi connectivity index (χ3n) is 3.34. The van der Waals surface area contributed by atoms with E-state index in [9.17, 15) is 8.78 Å². The van der Waals surface area contributed by atoms with Crippen molar-refractivity contribution in [3.05, 3.63) is 40.9 Å². The summed E-state index contributed by atoms with van der Waals surface area (Å²) in [7, 11) is 0. The zero-order chi connectivity index (χ0) is 16.7. The first kappa shape index (κ1) is 16.9. The number of anilines is 2. The molecule has 5 heteroatoms. The molecule has 0 unspecified atom stereocenters. The van der Waals surface area contributed by atoms with E-state index in [0.29, 0.717) is 0 Å². The van der Waals surface area contributed by atoms with Gasteiger partial charge in [0.25, 0.3) is 0 Å². The number of hydrogen-bond donors (Lipinski definition) is 1. The van der Waals surface area contributed by atoms with Crippen molar-refractivity contribution in [3.8, 4) is 0 Å². The molecule has 1 N–H and O–H groups in total. The number of nitrogens with zero attached hydrogens (tertiary/aromatic N) is 1. The summed E-state index contributed by atoms with van der Waals surface area (Å²) >= 11 is 1.53. The average Bonchev–Trinajstić information content (AvgIpc) is 2.76. The van der Waals surface area contributed by atoms with Gasteiger partial charge in [0.05, 0.1) is 0 Å². The molecule has 2 nitrogen and oxygen atoms in total. The van der Waals surface area contributed by atoms with Crippen LogP contribution in [0.5, 0.6) is 0 Å². The largest absolute Gasteiger partial charge is 0.339 e. The lowest BCUT2D eigenvalue weighted by molar-refractivity contribution is -0.746. The molecule has 1 heterocycles. The molecule has 22 heavy (non-hydrogen) atoms. The first-order valence-corrected chi connectivity index (χ1v) is 8.14. The second-order valence-corrected chi connectivity index (χ2v) is 8.29. The van der Waals surface area contributed by atoms with Gasteiger partial charge in [0.1, 0.15) is 17.1 Å². The van der Waals surface area contributed by atoms with E-state index in [1.54, 1.807) is 0 Å². The highest BCUT2D eigenvalue weighted by atomic mass is 32.1. The second kappa shape index (κ2) is 5.61. The molecule has 0 amide bonds. The van der Waals surface area contributed by atoms with Crippen LogP contribution in [0.1, 0.15) is 47.2 Å². The summed E-state index contributed by atoms with van der Waals surface area (Å²) in [6.07, 6.45) is 0. The zero-order valence-corrected chi connectivity index (χ0v) is 14.7. The molecular weight excluding hydrogens is 302 g/mol. The Morgan fingerprint density at radius 3 is 2.18 bits per heavy atom. The molecule has 1 aromatic carbocycles. The lowest BCUT2D eigenvalue weighted by Gasteiger charge is -2.25. The van der Waals surface area contributed by atoms with Crippen molar-refractivity contribution in [2.45, 2.75) is 52.5 Å². The summed E-state index contributed by atoms with van der Waals surface area (Å²) in [5.41, 5.74) is 1.28. The Kier molecular flexibility index (Phi) is 4.30. The van der Waals surface area contributed by atoms with Crippen LogP contribution >= 0.6 is 11.3 Å². The highest BCUT2D eigenvalue weighted by Gasteiger charge is 2.34. The fourth-order valence-corrected chi connectivity index (χ4v) is 3.62. The minimum atomic E-state index is -0.592. The second-order valence-electron chi connectivity index (χ2n) is 7.43. The van der Waals surface area contributed by atoms with Crippen molar-refractivity contribution in [1.29, 1.82) is 0 Å².